The minimum absolute atomic E-state index is 0.00909. The minimum Gasteiger partial charge on any atom is -0.339 e. The van der Waals surface area contributed by atoms with Crippen LogP contribution in [0.1, 0.15) is 91.9 Å². The third-order valence-electron chi connectivity index (χ3n) is 9.37. The van der Waals surface area contributed by atoms with Crippen LogP contribution in [0.3, 0.4) is 0 Å². The molecule has 2 N–H and O–H groups in total. The first-order valence-electron chi connectivity index (χ1n) is 15.0. The van der Waals surface area contributed by atoms with Crippen molar-refractivity contribution in [3.63, 3.8) is 0 Å². The highest BCUT2D eigenvalue weighted by Gasteiger charge is 2.69. The van der Waals surface area contributed by atoms with Gasteiger partial charge in [0.05, 0.1) is 6.07 Å². The molecule has 2 aliphatic heterocycles. The van der Waals surface area contributed by atoms with E-state index in [4.69, 9.17) is 0 Å². The number of nitrogens with one attached hydrogen (secondary N) is 2. The van der Waals surface area contributed by atoms with E-state index in [1.807, 2.05) is 13.8 Å². The summed E-state index contributed by atoms with van der Waals surface area (Å²) >= 11 is 0. The number of allylic oxidation sites excluding steroid dienone is 3. The van der Waals surface area contributed by atoms with Crippen molar-refractivity contribution < 1.29 is 14.4 Å². The maximum absolute atomic E-state index is 13.6. The van der Waals surface area contributed by atoms with Crippen LogP contribution in [0, 0.1) is 40.4 Å². The lowest BCUT2D eigenvalue weighted by molar-refractivity contribution is -0.141. The lowest BCUT2D eigenvalue weighted by Gasteiger charge is -2.32. The second kappa shape index (κ2) is 13.5. The van der Waals surface area contributed by atoms with Crippen LogP contribution in [-0.4, -0.2) is 41.2 Å². The van der Waals surface area contributed by atoms with E-state index in [1.165, 1.54) is 32.1 Å². The van der Waals surface area contributed by atoms with Crippen LogP contribution in [0.15, 0.2) is 36.6 Å². The number of rotatable bonds is 8. The molecule has 4 aliphatic rings. The van der Waals surface area contributed by atoms with Gasteiger partial charge in [-0.05, 0) is 60.5 Å². The van der Waals surface area contributed by atoms with E-state index in [1.54, 1.807) is 17.1 Å². The summed E-state index contributed by atoms with van der Waals surface area (Å²) in [4.78, 5) is 41.5. The monoisotopic (exact) mass is 536 g/mol. The van der Waals surface area contributed by atoms with Crippen molar-refractivity contribution in [2.75, 3.05) is 6.54 Å². The molecule has 0 radical (unpaired) electrons. The Morgan fingerprint density at radius 2 is 1.79 bits per heavy atom. The Kier molecular flexibility index (Phi) is 10.6. The molecule has 214 valence electrons. The number of likely N-dealkylation sites (tertiary alicyclic amines) is 1. The summed E-state index contributed by atoms with van der Waals surface area (Å²) in [5.74, 6) is -0.0126. The van der Waals surface area contributed by atoms with Crippen LogP contribution in [0.25, 0.3) is 0 Å². The molecule has 0 spiro atoms. The molecule has 3 amide bonds. The van der Waals surface area contributed by atoms with Gasteiger partial charge in [0.2, 0.25) is 17.7 Å². The predicted octanol–water partition coefficient (Wildman–Crippen LogP) is 5.41. The number of hydrogen-bond acceptors (Lipinski definition) is 4. The summed E-state index contributed by atoms with van der Waals surface area (Å²) in [5, 5.41) is 15.6. The van der Waals surface area contributed by atoms with Gasteiger partial charge in [-0.1, -0.05) is 79.0 Å². The minimum atomic E-state index is -0.817. The number of fused-ring (bicyclic) bond motifs is 1. The van der Waals surface area contributed by atoms with Crippen molar-refractivity contribution in [2.45, 2.75) is 104 Å². The standard InChI is InChI=1S/C30H42N4O3.C2H6/c1-5-20-15-21(28(36)33-24(20)6-2)16-22(17-31)32-29(37)27-26-23(30(26,3)4)18-34(27)25(35)14-19-12-10-8-7-9-11-13-19;1-2/h5-6,19,21-23,26-27H,1-2,7-16,18H2,3-4H3,(H,32,37)(H,33,36);1-2H3. The molecule has 5 atom stereocenters. The Hall–Kier alpha value is -2.88. The second-order valence-corrected chi connectivity index (χ2v) is 12.0. The van der Waals surface area contributed by atoms with Crippen LogP contribution in [0.4, 0.5) is 0 Å². The van der Waals surface area contributed by atoms with Crippen molar-refractivity contribution in [1.29, 1.82) is 5.26 Å². The molecule has 1 saturated heterocycles. The Bertz CT molecular complexity index is 1010. The molecule has 5 unspecified atom stereocenters. The molecule has 7 nitrogen and oxygen atoms in total. The third-order valence-corrected chi connectivity index (χ3v) is 9.37. The third kappa shape index (κ3) is 6.83. The predicted molar refractivity (Wildman–Crippen MR) is 154 cm³/mol. The molecule has 2 heterocycles. The molecule has 0 aromatic rings. The molecule has 0 bridgehead atoms. The fourth-order valence-electron chi connectivity index (χ4n) is 6.99. The highest BCUT2D eigenvalue weighted by molar-refractivity contribution is 5.90. The van der Waals surface area contributed by atoms with Gasteiger partial charge in [-0.15, -0.1) is 0 Å². The van der Waals surface area contributed by atoms with Crippen molar-refractivity contribution >= 4 is 17.7 Å². The molecular formula is C32H48N4O3. The molecule has 0 aromatic heterocycles. The van der Waals surface area contributed by atoms with E-state index >= 15 is 0 Å². The molecular weight excluding hydrogens is 488 g/mol. The summed E-state index contributed by atoms with van der Waals surface area (Å²) in [6.45, 7) is 16.5. The first kappa shape index (κ1) is 30.7. The van der Waals surface area contributed by atoms with E-state index in [0.717, 1.165) is 18.4 Å². The van der Waals surface area contributed by atoms with Crippen molar-refractivity contribution in [2.24, 2.45) is 29.1 Å². The number of nitriles is 1. The zero-order valence-corrected chi connectivity index (χ0v) is 24.4. The zero-order chi connectivity index (χ0) is 28.7. The van der Waals surface area contributed by atoms with Crippen LogP contribution < -0.4 is 10.6 Å². The Labute approximate surface area is 235 Å². The molecule has 4 rings (SSSR count). The number of nitrogens with zero attached hydrogens (tertiary/aromatic N) is 2. The van der Waals surface area contributed by atoms with E-state index in [2.05, 4.69) is 43.7 Å². The summed E-state index contributed by atoms with van der Waals surface area (Å²) in [6.07, 6.45) is 12.7. The van der Waals surface area contributed by atoms with Crippen LogP contribution in [-0.2, 0) is 14.4 Å². The number of carbonyl (C=O) groups is 3. The molecule has 2 aliphatic carbocycles. The van der Waals surface area contributed by atoms with Gasteiger partial charge in [0.1, 0.15) is 12.1 Å². The summed E-state index contributed by atoms with van der Waals surface area (Å²) in [6, 6.07) is 0.812. The number of hydrogen-bond donors (Lipinski definition) is 2. The zero-order valence-electron chi connectivity index (χ0n) is 24.4. The first-order chi connectivity index (χ1) is 18.7. The first-order valence-corrected chi connectivity index (χ1v) is 15.0. The molecule has 39 heavy (non-hydrogen) atoms. The topological polar surface area (TPSA) is 102 Å². The highest BCUT2D eigenvalue weighted by Crippen LogP contribution is 2.65. The van der Waals surface area contributed by atoms with Crippen LogP contribution in [0.5, 0.6) is 0 Å². The number of carbonyl (C=O) groups excluding carboxylic acids is 3. The van der Waals surface area contributed by atoms with Crippen molar-refractivity contribution in [1.82, 2.24) is 15.5 Å². The highest BCUT2D eigenvalue weighted by atomic mass is 16.2. The number of piperidine rings is 1. The van der Waals surface area contributed by atoms with Crippen LogP contribution in [0.2, 0.25) is 0 Å². The van der Waals surface area contributed by atoms with Gasteiger partial charge in [0.25, 0.3) is 0 Å². The average Bonchev–Trinajstić information content (AvgIpc) is 3.24. The molecule has 0 aromatic carbocycles. The normalized spacial score (nSPS) is 28.8. The smallest absolute Gasteiger partial charge is 0.244 e. The van der Waals surface area contributed by atoms with Gasteiger partial charge in [0, 0.05) is 24.6 Å². The van der Waals surface area contributed by atoms with Gasteiger partial charge in [-0.3, -0.25) is 14.4 Å². The molecule has 2 saturated carbocycles. The lowest BCUT2D eigenvalue weighted by atomic mass is 9.87. The Morgan fingerprint density at radius 1 is 1.15 bits per heavy atom. The van der Waals surface area contributed by atoms with Gasteiger partial charge in [-0.2, -0.15) is 5.26 Å². The van der Waals surface area contributed by atoms with Gasteiger partial charge in [-0.25, -0.2) is 0 Å². The maximum atomic E-state index is 13.6. The van der Waals surface area contributed by atoms with Crippen LogP contribution >= 0.6 is 0 Å². The largest absolute Gasteiger partial charge is 0.339 e. The van der Waals surface area contributed by atoms with Gasteiger partial charge in [0.15, 0.2) is 0 Å². The van der Waals surface area contributed by atoms with Crippen molar-refractivity contribution in [3.8, 4) is 6.07 Å². The lowest BCUT2D eigenvalue weighted by Crippen LogP contribution is -2.52. The SMILES string of the molecule is C=CC1=C(C=C)NC(=O)C(CC(C#N)NC(=O)C2C3C(CN2C(=O)CC2CCCCCCC2)C3(C)C)C1.CC. The van der Waals surface area contributed by atoms with Gasteiger partial charge < -0.3 is 15.5 Å². The summed E-state index contributed by atoms with van der Waals surface area (Å²) in [5.41, 5.74) is 1.52. The fraction of sp³-hybridized carbons (Fsp3) is 0.688. The van der Waals surface area contributed by atoms with E-state index < -0.39 is 18.0 Å². The summed E-state index contributed by atoms with van der Waals surface area (Å²) in [7, 11) is 0. The molecule has 3 fully saturated rings. The van der Waals surface area contributed by atoms with Crippen molar-refractivity contribution in [3.05, 3.63) is 36.6 Å². The Balaban J connectivity index is 0.00000205. The Morgan fingerprint density at radius 3 is 2.38 bits per heavy atom. The quantitative estimate of drug-likeness (QED) is 0.433. The maximum Gasteiger partial charge on any atom is 0.244 e. The molecule has 7 heteroatoms. The van der Waals surface area contributed by atoms with Gasteiger partial charge >= 0.3 is 0 Å². The average molecular weight is 537 g/mol. The van der Waals surface area contributed by atoms with E-state index in [9.17, 15) is 19.6 Å². The van der Waals surface area contributed by atoms with E-state index in [0.29, 0.717) is 36.9 Å². The number of amides is 3. The second-order valence-electron chi connectivity index (χ2n) is 12.0. The van der Waals surface area contributed by atoms with E-state index in [-0.39, 0.29) is 35.5 Å². The summed E-state index contributed by atoms with van der Waals surface area (Å²) < 4.78 is 0. The fourth-order valence-corrected chi connectivity index (χ4v) is 6.99.